The molecule has 2 heterocycles. The molecule has 162 valence electrons. The zero-order chi connectivity index (χ0) is 21.0. The maximum absolute atomic E-state index is 12.9. The first-order valence-corrected chi connectivity index (χ1v) is 11.1. The van der Waals surface area contributed by atoms with E-state index in [2.05, 4.69) is 52.0 Å². The molecule has 1 aliphatic heterocycles. The van der Waals surface area contributed by atoms with Gasteiger partial charge in [-0.3, -0.25) is 4.90 Å². The molecule has 1 aromatic heterocycles. The number of carbonyl (C=O) groups excluding carboxylic acids is 1. The zero-order valence-electron chi connectivity index (χ0n) is 18.1. The number of piperidine rings is 1. The Bertz CT molecular complexity index is 831. The molecule has 1 aliphatic carbocycles. The Kier molecular flexibility index (Phi) is 6.32. The highest BCUT2D eigenvalue weighted by molar-refractivity contribution is 5.74. The number of carbonyl (C=O) groups is 1. The van der Waals surface area contributed by atoms with Crippen LogP contribution in [0.3, 0.4) is 0 Å². The highest BCUT2D eigenvalue weighted by Crippen LogP contribution is 2.38. The number of hydrogen-bond acceptors (Lipinski definition) is 5. The van der Waals surface area contributed by atoms with E-state index in [1.807, 2.05) is 27.8 Å². The van der Waals surface area contributed by atoms with Gasteiger partial charge in [-0.2, -0.15) is 0 Å². The molecule has 2 aromatic rings. The molecule has 0 spiro atoms. The van der Waals surface area contributed by atoms with E-state index in [0.29, 0.717) is 19.1 Å². The fourth-order valence-electron chi connectivity index (χ4n) is 4.92. The van der Waals surface area contributed by atoms with Gasteiger partial charge in [0, 0.05) is 19.6 Å². The van der Waals surface area contributed by atoms with Crippen LogP contribution < -0.4 is 5.32 Å². The molecule has 1 saturated heterocycles. The van der Waals surface area contributed by atoms with E-state index in [4.69, 9.17) is 0 Å². The third-order valence-electron chi connectivity index (χ3n) is 6.73. The van der Waals surface area contributed by atoms with Gasteiger partial charge in [0.25, 0.3) is 0 Å². The number of urea groups is 1. The molecule has 1 N–H and O–H groups in total. The predicted molar refractivity (Wildman–Crippen MR) is 115 cm³/mol. The SMILES string of the molecule is CN(C)C1(c2nnnn2C2CCCC2)CCCN(C(=O)NCCc2ccccc2)C1. The topological polar surface area (TPSA) is 79.2 Å². The molecule has 2 aliphatic rings. The van der Waals surface area contributed by atoms with Crippen molar-refractivity contribution in [1.29, 1.82) is 0 Å². The second-order valence-corrected chi connectivity index (χ2v) is 8.80. The Balaban J connectivity index is 1.46. The number of aromatic nitrogens is 4. The van der Waals surface area contributed by atoms with Crippen LogP contribution in [-0.2, 0) is 12.0 Å². The highest BCUT2D eigenvalue weighted by Gasteiger charge is 2.45. The Labute approximate surface area is 178 Å². The number of nitrogens with zero attached hydrogens (tertiary/aromatic N) is 6. The summed E-state index contributed by atoms with van der Waals surface area (Å²) in [6.45, 7) is 2.00. The maximum Gasteiger partial charge on any atom is 0.317 e. The monoisotopic (exact) mass is 411 g/mol. The van der Waals surface area contributed by atoms with Gasteiger partial charge in [-0.25, -0.2) is 9.48 Å². The van der Waals surface area contributed by atoms with Gasteiger partial charge in [-0.05, 0) is 62.2 Å². The second kappa shape index (κ2) is 9.12. The summed E-state index contributed by atoms with van der Waals surface area (Å²) < 4.78 is 2.05. The molecule has 1 aromatic carbocycles. The van der Waals surface area contributed by atoms with Gasteiger partial charge in [0.2, 0.25) is 0 Å². The third-order valence-corrected chi connectivity index (χ3v) is 6.73. The molecule has 1 unspecified atom stereocenters. The molecule has 2 amide bonds. The van der Waals surface area contributed by atoms with Crippen LogP contribution in [-0.4, -0.2) is 69.8 Å². The number of tetrazole rings is 1. The summed E-state index contributed by atoms with van der Waals surface area (Å²) in [6, 6.07) is 10.6. The number of likely N-dealkylation sites (N-methyl/N-ethyl adjacent to an activating group) is 1. The standard InChI is InChI=1S/C22H33N7O/c1-27(2)22(20-24-25-26-29(20)19-11-6-7-12-19)14-8-16-28(17-22)21(30)23-15-13-18-9-4-3-5-10-18/h3-5,9-10,19H,6-8,11-17H2,1-2H3,(H,23,30). The molecule has 0 bridgehead atoms. The van der Waals surface area contributed by atoms with Crippen molar-refractivity contribution >= 4 is 6.03 Å². The second-order valence-electron chi connectivity index (χ2n) is 8.80. The first kappa shape index (κ1) is 20.8. The Morgan fingerprint density at radius 3 is 2.70 bits per heavy atom. The third kappa shape index (κ3) is 4.19. The quantitative estimate of drug-likeness (QED) is 0.790. The smallest absolute Gasteiger partial charge is 0.317 e. The van der Waals surface area contributed by atoms with E-state index in [0.717, 1.165) is 44.5 Å². The van der Waals surface area contributed by atoms with Gasteiger partial charge in [-0.1, -0.05) is 43.2 Å². The van der Waals surface area contributed by atoms with Crippen molar-refractivity contribution in [3.63, 3.8) is 0 Å². The maximum atomic E-state index is 12.9. The Morgan fingerprint density at radius 1 is 1.20 bits per heavy atom. The first-order valence-electron chi connectivity index (χ1n) is 11.1. The van der Waals surface area contributed by atoms with Crippen molar-refractivity contribution in [2.24, 2.45) is 0 Å². The minimum absolute atomic E-state index is 0.00301. The highest BCUT2D eigenvalue weighted by atomic mass is 16.2. The van der Waals surface area contributed by atoms with Crippen LogP contribution in [0.2, 0.25) is 0 Å². The number of likely N-dealkylation sites (tertiary alicyclic amines) is 1. The lowest BCUT2D eigenvalue weighted by Crippen LogP contribution is -2.58. The summed E-state index contributed by atoms with van der Waals surface area (Å²) in [4.78, 5) is 17.1. The van der Waals surface area contributed by atoms with Gasteiger partial charge in [0.05, 0.1) is 6.04 Å². The Hall–Kier alpha value is -2.48. The molecular weight excluding hydrogens is 378 g/mol. The first-order chi connectivity index (χ1) is 14.6. The molecule has 0 radical (unpaired) electrons. The molecule has 1 atom stereocenters. The van der Waals surface area contributed by atoms with E-state index in [1.54, 1.807) is 0 Å². The summed E-state index contributed by atoms with van der Waals surface area (Å²) in [6.07, 6.45) is 7.43. The van der Waals surface area contributed by atoms with E-state index < -0.39 is 0 Å². The summed E-state index contributed by atoms with van der Waals surface area (Å²) >= 11 is 0. The minimum atomic E-state index is -0.360. The van der Waals surface area contributed by atoms with Crippen LogP contribution in [0.1, 0.15) is 56.0 Å². The van der Waals surface area contributed by atoms with Gasteiger partial charge >= 0.3 is 6.03 Å². The zero-order valence-corrected chi connectivity index (χ0v) is 18.1. The number of nitrogens with one attached hydrogen (secondary N) is 1. The normalized spacial score (nSPS) is 22.6. The molecule has 4 rings (SSSR count). The largest absolute Gasteiger partial charge is 0.338 e. The lowest BCUT2D eigenvalue weighted by atomic mass is 9.86. The fraction of sp³-hybridized carbons (Fsp3) is 0.636. The van der Waals surface area contributed by atoms with Crippen LogP contribution in [0.4, 0.5) is 4.79 Å². The lowest BCUT2D eigenvalue weighted by molar-refractivity contribution is 0.0445. The fourth-order valence-corrected chi connectivity index (χ4v) is 4.92. The van der Waals surface area contributed by atoms with Gasteiger partial charge < -0.3 is 10.2 Å². The summed E-state index contributed by atoms with van der Waals surface area (Å²) in [5, 5.41) is 16.0. The van der Waals surface area contributed by atoms with Crippen LogP contribution in [0.25, 0.3) is 0 Å². The van der Waals surface area contributed by atoms with Gasteiger partial charge in [0.1, 0.15) is 5.54 Å². The molecular formula is C22H33N7O. The van der Waals surface area contributed by atoms with Crippen molar-refractivity contribution in [2.75, 3.05) is 33.7 Å². The Morgan fingerprint density at radius 2 is 1.97 bits per heavy atom. The molecule has 2 fully saturated rings. The van der Waals surface area contributed by atoms with E-state index >= 15 is 0 Å². The predicted octanol–water partition coefficient (Wildman–Crippen LogP) is 2.59. The number of hydrogen-bond donors (Lipinski definition) is 1. The summed E-state index contributed by atoms with van der Waals surface area (Å²) in [7, 11) is 4.15. The van der Waals surface area contributed by atoms with Gasteiger partial charge in [-0.15, -0.1) is 5.10 Å². The minimum Gasteiger partial charge on any atom is -0.338 e. The van der Waals surface area contributed by atoms with Crippen molar-refractivity contribution < 1.29 is 4.79 Å². The van der Waals surface area contributed by atoms with Crippen LogP contribution in [0.15, 0.2) is 30.3 Å². The van der Waals surface area contributed by atoms with Crippen molar-refractivity contribution in [3.8, 4) is 0 Å². The number of amides is 2. The number of benzene rings is 1. The van der Waals surface area contributed by atoms with Crippen LogP contribution in [0.5, 0.6) is 0 Å². The van der Waals surface area contributed by atoms with Crippen molar-refractivity contribution in [2.45, 2.75) is 56.5 Å². The summed E-state index contributed by atoms with van der Waals surface area (Å²) in [5.41, 5.74) is 0.871. The average molecular weight is 412 g/mol. The molecule has 30 heavy (non-hydrogen) atoms. The van der Waals surface area contributed by atoms with E-state index in [1.165, 1.54) is 18.4 Å². The van der Waals surface area contributed by atoms with Crippen molar-refractivity contribution in [1.82, 2.24) is 35.3 Å². The van der Waals surface area contributed by atoms with E-state index in [9.17, 15) is 4.79 Å². The molecule has 1 saturated carbocycles. The summed E-state index contributed by atoms with van der Waals surface area (Å²) in [5.74, 6) is 0.904. The average Bonchev–Trinajstić information content (AvgIpc) is 3.46. The van der Waals surface area contributed by atoms with Crippen LogP contribution >= 0.6 is 0 Å². The van der Waals surface area contributed by atoms with Crippen LogP contribution in [0, 0.1) is 0 Å². The van der Waals surface area contributed by atoms with Gasteiger partial charge in [0.15, 0.2) is 5.82 Å². The number of rotatable bonds is 6. The van der Waals surface area contributed by atoms with E-state index in [-0.39, 0.29) is 11.6 Å². The molecule has 8 nitrogen and oxygen atoms in total. The van der Waals surface area contributed by atoms with Crippen molar-refractivity contribution in [3.05, 3.63) is 41.7 Å². The molecule has 8 heteroatoms. The lowest BCUT2D eigenvalue weighted by Gasteiger charge is -2.46.